The van der Waals surface area contributed by atoms with Crippen LogP contribution in [0.25, 0.3) is 0 Å². The van der Waals surface area contributed by atoms with Crippen LogP contribution in [0, 0.1) is 5.82 Å². The molecule has 0 spiro atoms. The number of aromatic nitrogens is 1. The molecule has 100 valence electrons. The Morgan fingerprint density at radius 2 is 1.95 bits per heavy atom. The number of hydrogen-bond acceptors (Lipinski definition) is 4. The molecule has 1 aromatic heterocycles. The molecule has 1 atom stereocenters. The first kappa shape index (κ1) is 14.0. The van der Waals surface area contributed by atoms with E-state index in [9.17, 15) is 4.39 Å². The molecule has 1 heterocycles. The minimum absolute atomic E-state index is 0.0898. The zero-order chi connectivity index (χ0) is 13.5. The maximum Gasteiger partial charge on any atom is 0.136 e. The molecule has 0 aliphatic carbocycles. The summed E-state index contributed by atoms with van der Waals surface area (Å²) in [4.78, 5) is 4.63. The number of nitrogens with zero attached hydrogens (tertiary/aromatic N) is 1. The number of rotatable bonds is 6. The SMILES string of the molecule is NNC(CSc1ccccc1F)Cc1ccncc1. The van der Waals surface area contributed by atoms with Crippen LogP contribution < -0.4 is 11.3 Å². The van der Waals surface area contributed by atoms with E-state index in [1.54, 1.807) is 24.5 Å². The molecule has 0 aliphatic heterocycles. The van der Waals surface area contributed by atoms with E-state index >= 15 is 0 Å². The van der Waals surface area contributed by atoms with Crippen LogP contribution >= 0.6 is 11.8 Å². The van der Waals surface area contributed by atoms with Crippen molar-refractivity contribution in [2.24, 2.45) is 5.84 Å². The molecule has 0 saturated heterocycles. The second-order valence-corrected chi connectivity index (χ2v) is 5.23. The van der Waals surface area contributed by atoms with Gasteiger partial charge in [-0.1, -0.05) is 12.1 Å². The molecule has 1 aromatic carbocycles. The summed E-state index contributed by atoms with van der Waals surface area (Å²) in [6, 6.07) is 10.8. The van der Waals surface area contributed by atoms with E-state index in [4.69, 9.17) is 5.84 Å². The molecule has 5 heteroatoms. The minimum atomic E-state index is -0.188. The van der Waals surface area contributed by atoms with Gasteiger partial charge in [0.25, 0.3) is 0 Å². The fraction of sp³-hybridized carbons (Fsp3) is 0.214. The standard InChI is InChI=1S/C14H16FN3S/c15-13-3-1-2-4-14(13)19-10-12(18-16)9-11-5-7-17-8-6-11/h1-8,12,18H,9-10,16H2. The van der Waals surface area contributed by atoms with Crippen LogP contribution in [0.2, 0.25) is 0 Å². The van der Waals surface area contributed by atoms with E-state index in [0.29, 0.717) is 10.6 Å². The normalized spacial score (nSPS) is 12.3. The van der Waals surface area contributed by atoms with Gasteiger partial charge >= 0.3 is 0 Å². The first-order valence-corrected chi connectivity index (χ1v) is 7.00. The van der Waals surface area contributed by atoms with Gasteiger partial charge in [0.05, 0.1) is 0 Å². The third-order valence-corrected chi connectivity index (χ3v) is 3.95. The summed E-state index contributed by atoms with van der Waals surface area (Å²) in [6.45, 7) is 0. The van der Waals surface area contributed by atoms with Crippen LogP contribution in [0.5, 0.6) is 0 Å². The number of hydrazine groups is 1. The van der Waals surface area contributed by atoms with Crippen molar-refractivity contribution in [2.45, 2.75) is 17.4 Å². The third-order valence-electron chi connectivity index (χ3n) is 2.74. The maximum absolute atomic E-state index is 13.5. The lowest BCUT2D eigenvalue weighted by atomic mass is 10.1. The summed E-state index contributed by atoms with van der Waals surface area (Å²) < 4.78 is 13.5. The number of nitrogens with two attached hydrogens (primary N) is 1. The Morgan fingerprint density at radius 3 is 2.63 bits per heavy atom. The third kappa shape index (κ3) is 4.31. The van der Waals surface area contributed by atoms with Crippen molar-refractivity contribution in [1.29, 1.82) is 0 Å². The van der Waals surface area contributed by atoms with Gasteiger partial charge in [0.15, 0.2) is 0 Å². The number of hydrogen-bond donors (Lipinski definition) is 2. The highest BCUT2D eigenvalue weighted by atomic mass is 32.2. The fourth-order valence-corrected chi connectivity index (χ4v) is 2.70. The molecule has 19 heavy (non-hydrogen) atoms. The average Bonchev–Trinajstić information content (AvgIpc) is 2.46. The lowest BCUT2D eigenvalue weighted by Crippen LogP contribution is -2.38. The van der Waals surface area contributed by atoms with Crippen LogP contribution in [0.4, 0.5) is 4.39 Å². The number of nitrogens with one attached hydrogen (secondary N) is 1. The lowest BCUT2D eigenvalue weighted by Gasteiger charge is -2.15. The summed E-state index contributed by atoms with van der Waals surface area (Å²) in [5.41, 5.74) is 3.94. The Morgan fingerprint density at radius 1 is 1.21 bits per heavy atom. The first-order valence-electron chi connectivity index (χ1n) is 6.02. The molecule has 0 fully saturated rings. The van der Waals surface area contributed by atoms with Gasteiger partial charge in [0, 0.05) is 29.1 Å². The van der Waals surface area contributed by atoms with E-state index in [-0.39, 0.29) is 11.9 Å². The zero-order valence-electron chi connectivity index (χ0n) is 10.4. The molecule has 0 bridgehead atoms. The van der Waals surface area contributed by atoms with Crippen molar-refractivity contribution >= 4 is 11.8 Å². The van der Waals surface area contributed by atoms with E-state index < -0.39 is 0 Å². The second kappa shape index (κ2) is 7.23. The fourth-order valence-electron chi connectivity index (χ4n) is 1.72. The molecule has 0 aliphatic rings. The van der Waals surface area contributed by atoms with E-state index in [1.165, 1.54) is 17.8 Å². The molecule has 2 aromatic rings. The van der Waals surface area contributed by atoms with Crippen molar-refractivity contribution in [1.82, 2.24) is 10.4 Å². The number of pyridine rings is 1. The molecule has 2 rings (SSSR count). The highest BCUT2D eigenvalue weighted by Gasteiger charge is 2.10. The van der Waals surface area contributed by atoms with Crippen molar-refractivity contribution in [3.05, 3.63) is 60.2 Å². The molecule has 0 radical (unpaired) electrons. The van der Waals surface area contributed by atoms with Gasteiger partial charge in [-0.25, -0.2) is 4.39 Å². The van der Waals surface area contributed by atoms with Crippen LogP contribution in [0.15, 0.2) is 53.7 Å². The van der Waals surface area contributed by atoms with Crippen molar-refractivity contribution in [3.63, 3.8) is 0 Å². The van der Waals surface area contributed by atoms with Gasteiger partial charge in [-0.15, -0.1) is 11.8 Å². The van der Waals surface area contributed by atoms with E-state index in [2.05, 4.69) is 10.4 Å². The predicted octanol–water partition coefficient (Wildman–Crippen LogP) is 2.39. The Kier molecular flexibility index (Phi) is 5.32. The minimum Gasteiger partial charge on any atom is -0.271 e. The first-order chi connectivity index (χ1) is 9.29. The molecule has 1 unspecified atom stereocenters. The van der Waals surface area contributed by atoms with Gasteiger partial charge in [0.2, 0.25) is 0 Å². The van der Waals surface area contributed by atoms with Gasteiger partial charge in [0.1, 0.15) is 5.82 Å². The molecule has 0 amide bonds. The molecule has 0 saturated carbocycles. The van der Waals surface area contributed by atoms with Gasteiger partial charge in [-0.05, 0) is 36.2 Å². The smallest absolute Gasteiger partial charge is 0.136 e. The zero-order valence-corrected chi connectivity index (χ0v) is 11.2. The highest BCUT2D eigenvalue weighted by molar-refractivity contribution is 7.99. The summed E-state index contributed by atoms with van der Waals surface area (Å²) in [5, 5.41) is 0. The topological polar surface area (TPSA) is 50.9 Å². The second-order valence-electron chi connectivity index (χ2n) is 4.16. The molecular weight excluding hydrogens is 261 g/mol. The summed E-state index contributed by atoms with van der Waals surface area (Å²) in [7, 11) is 0. The molecule has 3 nitrogen and oxygen atoms in total. The Labute approximate surface area is 116 Å². The Balaban J connectivity index is 1.91. The summed E-state index contributed by atoms with van der Waals surface area (Å²) >= 11 is 1.47. The van der Waals surface area contributed by atoms with Gasteiger partial charge < -0.3 is 0 Å². The largest absolute Gasteiger partial charge is 0.271 e. The van der Waals surface area contributed by atoms with Crippen LogP contribution in [-0.2, 0) is 6.42 Å². The molecular formula is C14H16FN3S. The Bertz CT molecular complexity index is 507. The van der Waals surface area contributed by atoms with Crippen LogP contribution in [0.3, 0.4) is 0 Å². The monoisotopic (exact) mass is 277 g/mol. The van der Waals surface area contributed by atoms with E-state index in [0.717, 1.165) is 12.0 Å². The summed E-state index contributed by atoms with van der Waals surface area (Å²) in [6.07, 6.45) is 4.31. The number of thioether (sulfide) groups is 1. The van der Waals surface area contributed by atoms with Crippen molar-refractivity contribution < 1.29 is 4.39 Å². The Hall–Kier alpha value is -1.43. The number of benzene rings is 1. The highest BCUT2D eigenvalue weighted by Crippen LogP contribution is 2.22. The van der Waals surface area contributed by atoms with Gasteiger partial charge in [-0.3, -0.25) is 16.3 Å². The lowest BCUT2D eigenvalue weighted by molar-refractivity contribution is 0.573. The van der Waals surface area contributed by atoms with Crippen molar-refractivity contribution in [2.75, 3.05) is 5.75 Å². The van der Waals surface area contributed by atoms with Gasteiger partial charge in [-0.2, -0.15) is 0 Å². The number of halogens is 1. The predicted molar refractivity (Wildman–Crippen MR) is 76.2 cm³/mol. The maximum atomic E-state index is 13.5. The van der Waals surface area contributed by atoms with E-state index in [1.807, 2.05) is 18.2 Å². The summed E-state index contributed by atoms with van der Waals surface area (Å²) in [5.74, 6) is 6.07. The van der Waals surface area contributed by atoms with Crippen molar-refractivity contribution in [3.8, 4) is 0 Å². The van der Waals surface area contributed by atoms with Crippen LogP contribution in [-0.4, -0.2) is 16.8 Å². The average molecular weight is 277 g/mol. The molecule has 3 N–H and O–H groups in total. The van der Waals surface area contributed by atoms with Crippen LogP contribution in [0.1, 0.15) is 5.56 Å². The quantitative estimate of drug-likeness (QED) is 0.483.